The molecule has 6 nitrogen and oxygen atoms in total. The highest BCUT2D eigenvalue weighted by molar-refractivity contribution is 5.92. The second-order valence-corrected chi connectivity index (χ2v) is 4.98. The second kappa shape index (κ2) is 7.75. The highest BCUT2D eigenvalue weighted by atomic mass is 16.5. The molecule has 1 fully saturated rings. The van der Waals surface area contributed by atoms with Crippen molar-refractivity contribution in [3.8, 4) is 0 Å². The lowest BCUT2D eigenvalue weighted by molar-refractivity contribution is -0.135. The zero-order valence-corrected chi connectivity index (χ0v) is 12.0. The van der Waals surface area contributed by atoms with Crippen LogP contribution in [0.2, 0.25) is 0 Å². The van der Waals surface area contributed by atoms with Crippen LogP contribution in [0.1, 0.15) is 22.3 Å². The van der Waals surface area contributed by atoms with Gasteiger partial charge in [-0.05, 0) is 17.7 Å². The van der Waals surface area contributed by atoms with Crippen LogP contribution in [0.3, 0.4) is 0 Å². The third kappa shape index (κ3) is 4.84. The van der Waals surface area contributed by atoms with Gasteiger partial charge in [-0.1, -0.05) is 12.1 Å². The Balaban J connectivity index is 1.67. The highest BCUT2D eigenvalue weighted by Gasteiger charge is 2.15. The molecule has 0 radical (unpaired) electrons. The summed E-state index contributed by atoms with van der Waals surface area (Å²) in [4.78, 5) is 24.7. The summed E-state index contributed by atoms with van der Waals surface area (Å²) < 4.78 is 5.22. The van der Waals surface area contributed by atoms with Crippen LogP contribution in [0.25, 0.3) is 0 Å². The molecule has 0 unspecified atom stereocenters. The number of nitrogens with one attached hydrogen (secondary N) is 1. The van der Waals surface area contributed by atoms with Crippen molar-refractivity contribution in [2.75, 3.05) is 32.8 Å². The fourth-order valence-electron chi connectivity index (χ4n) is 2.19. The van der Waals surface area contributed by atoms with Crippen LogP contribution in [0.15, 0.2) is 24.3 Å². The Morgan fingerprint density at radius 2 is 1.86 bits per heavy atom. The number of primary amides is 1. The van der Waals surface area contributed by atoms with Crippen molar-refractivity contribution >= 4 is 11.8 Å². The number of hydrogen-bond donors (Lipinski definition) is 2. The lowest BCUT2D eigenvalue weighted by Gasteiger charge is -2.26. The van der Waals surface area contributed by atoms with Gasteiger partial charge in [-0.25, -0.2) is 0 Å². The summed E-state index contributed by atoms with van der Waals surface area (Å²) in [7, 11) is 0. The van der Waals surface area contributed by atoms with Crippen molar-refractivity contribution in [2.24, 2.45) is 5.73 Å². The van der Waals surface area contributed by atoms with E-state index in [4.69, 9.17) is 10.5 Å². The Morgan fingerprint density at radius 1 is 1.19 bits per heavy atom. The summed E-state index contributed by atoms with van der Waals surface area (Å²) >= 11 is 0. The highest BCUT2D eigenvalue weighted by Crippen LogP contribution is 2.04. The normalized spacial score (nSPS) is 15.0. The lowest BCUT2D eigenvalue weighted by atomic mass is 10.1. The Hall–Kier alpha value is -1.92. The van der Waals surface area contributed by atoms with Gasteiger partial charge in [-0.15, -0.1) is 0 Å². The van der Waals surface area contributed by atoms with Crippen LogP contribution in [-0.4, -0.2) is 49.6 Å². The molecule has 114 valence electrons. The maximum atomic E-state index is 11.9. The largest absolute Gasteiger partial charge is 0.378 e. The fraction of sp³-hybridized carbons (Fsp3) is 0.467. The third-order valence-electron chi connectivity index (χ3n) is 3.45. The number of rotatable bonds is 6. The molecule has 2 rings (SSSR count). The molecule has 3 N–H and O–H groups in total. The Bertz CT molecular complexity index is 481. The van der Waals surface area contributed by atoms with Crippen LogP contribution in [0.4, 0.5) is 0 Å². The number of nitrogens with zero attached hydrogens (tertiary/aromatic N) is 1. The number of carbonyl (C=O) groups is 2. The molecule has 0 bridgehead atoms. The molecule has 0 aliphatic carbocycles. The van der Waals surface area contributed by atoms with Gasteiger partial charge >= 0.3 is 0 Å². The van der Waals surface area contributed by atoms with E-state index < -0.39 is 5.91 Å². The van der Waals surface area contributed by atoms with Gasteiger partial charge in [0, 0.05) is 38.2 Å². The average molecular weight is 291 g/mol. The number of ether oxygens (including phenoxy) is 1. The molecular formula is C15H21N3O3. The van der Waals surface area contributed by atoms with Crippen molar-refractivity contribution in [2.45, 2.75) is 13.0 Å². The summed E-state index contributed by atoms with van der Waals surface area (Å²) in [5.74, 6) is -0.263. The molecule has 1 heterocycles. The van der Waals surface area contributed by atoms with Crippen molar-refractivity contribution in [1.82, 2.24) is 10.2 Å². The van der Waals surface area contributed by atoms with E-state index in [-0.39, 0.29) is 5.91 Å². The first-order valence-corrected chi connectivity index (χ1v) is 7.12. The number of carbonyl (C=O) groups excluding carboxylic acids is 2. The third-order valence-corrected chi connectivity index (χ3v) is 3.45. The first-order valence-electron chi connectivity index (χ1n) is 7.12. The lowest BCUT2D eigenvalue weighted by Crippen LogP contribution is -2.41. The number of amides is 2. The quantitative estimate of drug-likeness (QED) is 0.729. The maximum absolute atomic E-state index is 11.9. The SMILES string of the molecule is NC(=O)c1ccc(CNCCC(=O)N2CCOCC2)cc1. The molecule has 0 atom stereocenters. The summed E-state index contributed by atoms with van der Waals surface area (Å²) in [6.45, 7) is 3.93. The standard InChI is InChI=1S/C15H21N3O3/c16-15(20)13-3-1-12(2-4-13)11-17-6-5-14(19)18-7-9-21-10-8-18/h1-4,17H,5-11H2,(H2,16,20). The van der Waals surface area contributed by atoms with Crippen LogP contribution in [0.5, 0.6) is 0 Å². The smallest absolute Gasteiger partial charge is 0.248 e. The van der Waals surface area contributed by atoms with Crippen molar-refractivity contribution in [3.63, 3.8) is 0 Å². The molecule has 21 heavy (non-hydrogen) atoms. The molecule has 1 saturated heterocycles. The van der Waals surface area contributed by atoms with Gasteiger partial charge < -0.3 is 20.7 Å². The van der Waals surface area contributed by atoms with Crippen LogP contribution < -0.4 is 11.1 Å². The minimum absolute atomic E-state index is 0.162. The minimum Gasteiger partial charge on any atom is -0.378 e. The molecule has 0 saturated carbocycles. The molecule has 1 aliphatic rings. The Morgan fingerprint density at radius 3 is 2.48 bits per heavy atom. The van der Waals surface area contributed by atoms with Gasteiger partial charge in [0.25, 0.3) is 0 Å². The molecule has 0 aromatic heterocycles. The number of nitrogens with two attached hydrogens (primary N) is 1. The zero-order chi connectivity index (χ0) is 15.1. The maximum Gasteiger partial charge on any atom is 0.248 e. The summed E-state index contributed by atoms with van der Waals surface area (Å²) in [6.07, 6.45) is 0.485. The van der Waals surface area contributed by atoms with Gasteiger partial charge in [0.15, 0.2) is 0 Å². The van der Waals surface area contributed by atoms with E-state index in [0.29, 0.717) is 51.4 Å². The monoisotopic (exact) mass is 291 g/mol. The number of benzene rings is 1. The second-order valence-electron chi connectivity index (χ2n) is 4.98. The van der Waals surface area contributed by atoms with Crippen LogP contribution in [-0.2, 0) is 16.1 Å². The fourth-order valence-corrected chi connectivity index (χ4v) is 2.19. The van der Waals surface area contributed by atoms with E-state index in [2.05, 4.69) is 5.32 Å². The minimum atomic E-state index is -0.425. The van der Waals surface area contributed by atoms with Crippen molar-refractivity contribution in [3.05, 3.63) is 35.4 Å². The molecule has 2 amide bonds. The molecule has 1 aromatic carbocycles. The summed E-state index contributed by atoms with van der Waals surface area (Å²) in [6, 6.07) is 7.13. The predicted molar refractivity (Wildman–Crippen MR) is 78.7 cm³/mol. The van der Waals surface area contributed by atoms with Gasteiger partial charge in [0.1, 0.15) is 0 Å². The van der Waals surface area contributed by atoms with Crippen molar-refractivity contribution in [1.29, 1.82) is 0 Å². The van der Waals surface area contributed by atoms with E-state index in [1.165, 1.54) is 0 Å². The average Bonchev–Trinajstić information content (AvgIpc) is 2.52. The first-order chi connectivity index (χ1) is 10.2. The van der Waals surface area contributed by atoms with Gasteiger partial charge in [-0.3, -0.25) is 9.59 Å². The van der Waals surface area contributed by atoms with E-state index in [1.54, 1.807) is 12.1 Å². The summed E-state index contributed by atoms with van der Waals surface area (Å²) in [5.41, 5.74) is 6.74. The van der Waals surface area contributed by atoms with E-state index in [0.717, 1.165) is 5.56 Å². The van der Waals surface area contributed by atoms with E-state index >= 15 is 0 Å². The van der Waals surface area contributed by atoms with Gasteiger partial charge in [-0.2, -0.15) is 0 Å². The first kappa shape index (κ1) is 15.5. The molecule has 0 spiro atoms. The van der Waals surface area contributed by atoms with E-state index in [9.17, 15) is 9.59 Å². The topological polar surface area (TPSA) is 84.7 Å². The molecule has 1 aliphatic heterocycles. The molecule has 6 heteroatoms. The molecule has 1 aromatic rings. The predicted octanol–water partition coefficient (Wildman–Crippen LogP) is 0.124. The number of hydrogen-bond acceptors (Lipinski definition) is 4. The van der Waals surface area contributed by atoms with Crippen LogP contribution >= 0.6 is 0 Å². The van der Waals surface area contributed by atoms with E-state index in [1.807, 2.05) is 17.0 Å². The van der Waals surface area contributed by atoms with Crippen molar-refractivity contribution < 1.29 is 14.3 Å². The van der Waals surface area contributed by atoms with Gasteiger partial charge in [0.2, 0.25) is 11.8 Å². The van der Waals surface area contributed by atoms with Crippen LogP contribution in [0, 0.1) is 0 Å². The molecular weight excluding hydrogens is 270 g/mol. The number of morpholine rings is 1. The zero-order valence-electron chi connectivity index (χ0n) is 12.0. The Kier molecular flexibility index (Phi) is 5.71. The van der Waals surface area contributed by atoms with Gasteiger partial charge in [0.05, 0.1) is 13.2 Å². The Labute approximate surface area is 124 Å². The summed E-state index contributed by atoms with van der Waals surface area (Å²) in [5, 5.41) is 3.23.